The predicted octanol–water partition coefficient (Wildman–Crippen LogP) is 3.90. The van der Waals surface area contributed by atoms with Crippen LogP contribution in [0.4, 0.5) is 5.69 Å². The van der Waals surface area contributed by atoms with Crippen molar-refractivity contribution in [2.45, 2.75) is 58.4 Å². The standard InChI is InChI=1S/C18H28N2O/c1-14-9-8-10-15(2)18(14)19-17(21)13-20(3)16-11-6-4-5-7-12-16/h8-10,16H,4-7,11-13H2,1-3H3,(H,19,21). The van der Waals surface area contributed by atoms with Crippen molar-refractivity contribution < 1.29 is 4.79 Å². The van der Waals surface area contributed by atoms with Crippen molar-refractivity contribution in [3.63, 3.8) is 0 Å². The van der Waals surface area contributed by atoms with Crippen LogP contribution in [-0.4, -0.2) is 30.4 Å². The fraction of sp³-hybridized carbons (Fsp3) is 0.611. The van der Waals surface area contributed by atoms with E-state index in [1.807, 2.05) is 32.0 Å². The molecule has 1 fully saturated rings. The van der Waals surface area contributed by atoms with Crippen molar-refractivity contribution in [1.82, 2.24) is 4.90 Å². The maximum atomic E-state index is 12.3. The van der Waals surface area contributed by atoms with Gasteiger partial charge in [-0.3, -0.25) is 9.69 Å². The van der Waals surface area contributed by atoms with Crippen molar-refractivity contribution in [3.05, 3.63) is 29.3 Å². The maximum Gasteiger partial charge on any atom is 0.238 e. The van der Waals surface area contributed by atoms with Gasteiger partial charge < -0.3 is 5.32 Å². The van der Waals surface area contributed by atoms with E-state index in [0.29, 0.717) is 12.6 Å². The maximum absolute atomic E-state index is 12.3. The molecule has 1 amide bonds. The van der Waals surface area contributed by atoms with E-state index in [1.54, 1.807) is 0 Å². The molecule has 0 atom stereocenters. The number of anilines is 1. The Hall–Kier alpha value is -1.35. The molecule has 116 valence electrons. The van der Waals surface area contributed by atoms with Crippen LogP contribution in [0, 0.1) is 13.8 Å². The van der Waals surface area contributed by atoms with Gasteiger partial charge in [-0.25, -0.2) is 0 Å². The summed E-state index contributed by atoms with van der Waals surface area (Å²) in [7, 11) is 2.08. The molecule has 0 spiro atoms. The number of likely N-dealkylation sites (N-methyl/N-ethyl adjacent to an activating group) is 1. The number of carbonyl (C=O) groups excluding carboxylic acids is 1. The highest BCUT2D eigenvalue weighted by molar-refractivity contribution is 5.93. The Balaban J connectivity index is 1.91. The lowest BCUT2D eigenvalue weighted by molar-refractivity contribution is -0.117. The first-order valence-corrected chi connectivity index (χ1v) is 8.14. The van der Waals surface area contributed by atoms with Crippen molar-refractivity contribution >= 4 is 11.6 Å². The third-order valence-electron chi connectivity index (χ3n) is 4.59. The number of para-hydroxylation sites is 1. The Morgan fingerprint density at radius 1 is 1.14 bits per heavy atom. The van der Waals surface area contributed by atoms with Crippen LogP contribution >= 0.6 is 0 Å². The summed E-state index contributed by atoms with van der Waals surface area (Å²) in [5, 5.41) is 3.08. The molecule has 21 heavy (non-hydrogen) atoms. The van der Waals surface area contributed by atoms with Crippen LogP contribution in [0.2, 0.25) is 0 Å². The summed E-state index contributed by atoms with van der Waals surface area (Å²) < 4.78 is 0. The van der Waals surface area contributed by atoms with Gasteiger partial charge in [-0.15, -0.1) is 0 Å². The van der Waals surface area contributed by atoms with E-state index in [9.17, 15) is 4.79 Å². The molecule has 1 aromatic rings. The highest BCUT2D eigenvalue weighted by Crippen LogP contribution is 2.22. The molecule has 0 aromatic heterocycles. The first-order chi connectivity index (χ1) is 10.1. The molecule has 3 heteroatoms. The van der Waals surface area contributed by atoms with Crippen LogP contribution in [0.3, 0.4) is 0 Å². The van der Waals surface area contributed by atoms with E-state index < -0.39 is 0 Å². The largest absolute Gasteiger partial charge is 0.324 e. The number of benzene rings is 1. The Morgan fingerprint density at radius 2 is 1.71 bits per heavy atom. The van der Waals surface area contributed by atoms with Crippen molar-refractivity contribution in [2.24, 2.45) is 0 Å². The van der Waals surface area contributed by atoms with Crippen molar-refractivity contribution in [3.8, 4) is 0 Å². The summed E-state index contributed by atoms with van der Waals surface area (Å²) in [4.78, 5) is 14.5. The van der Waals surface area contributed by atoms with Crippen LogP contribution in [0.25, 0.3) is 0 Å². The van der Waals surface area contributed by atoms with Crippen molar-refractivity contribution in [1.29, 1.82) is 0 Å². The van der Waals surface area contributed by atoms with Gasteiger partial charge in [0.15, 0.2) is 0 Å². The average molecular weight is 288 g/mol. The minimum atomic E-state index is 0.0964. The van der Waals surface area contributed by atoms with E-state index in [0.717, 1.165) is 16.8 Å². The molecular weight excluding hydrogens is 260 g/mol. The third kappa shape index (κ3) is 4.57. The minimum absolute atomic E-state index is 0.0964. The molecule has 3 nitrogen and oxygen atoms in total. The van der Waals surface area contributed by atoms with Gasteiger partial charge in [-0.2, -0.15) is 0 Å². The number of hydrogen-bond acceptors (Lipinski definition) is 2. The Bertz CT molecular complexity index is 456. The number of rotatable bonds is 4. The van der Waals surface area contributed by atoms with Crippen LogP contribution < -0.4 is 5.32 Å². The van der Waals surface area contributed by atoms with Gasteiger partial charge in [0.05, 0.1) is 6.54 Å². The smallest absolute Gasteiger partial charge is 0.238 e. The molecule has 1 saturated carbocycles. The SMILES string of the molecule is Cc1cccc(C)c1NC(=O)CN(C)C1CCCCCC1. The summed E-state index contributed by atoms with van der Waals surface area (Å²) in [5.74, 6) is 0.0964. The van der Waals surface area contributed by atoms with Gasteiger partial charge in [0.1, 0.15) is 0 Å². The van der Waals surface area contributed by atoms with E-state index >= 15 is 0 Å². The molecule has 0 aliphatic heterocycles. The number of nitrogens with zero attached hydrogens (tertiary/aromatic N) is 1. The molecule has 2 rings (SSSR count). The quantitative estimate of drug-likeness (QED) is 0.852. The monoisotopic (exact) mass is 288 g/mol. The second-order valence-electron chi connectivity index (χ2n) is 6.38. The normalized spacial score (nSPS) is 16.8. The second-order valence-corrected chi connectivity index (χ2v) is 6.38. The molecule has 1 aliphatic rings. The number of hydrogen-bond donors (Lipinski definition) is 1. The predicted molar refractivity (Wildman–Crippen MR) is 88.7 cm³/mol. The molecule has 0 unspecified atom stereocenters. The van der Waals surface area contributed by atoms with E-state index in [1.165, 1.54) is 38.5 Å². The molecule has 0 heterocycles. The fourth-order valence-electron chi connectivity index (χ4n) is 3.24. The van der Waals surface area contributed by atoms with Crippen LogP contribution in [0.15, 0.2) is 18.2 Å². The fourth-order valence-corrected chi connectivity index (χ4v) is 3.24. The van der Waals surface area contributed by atoms with Gasteiger partial charge in [-0.1, -0.05) is 43.9 Å². The van der Waals surface area contributed by atoms with Gasteiger partial charge in [0, 0.05) is 11.7 Å². The summed E-state index contributed by atoms with van der Waals surface area (Å²) in [5.41, 5.74) is 3.22. The average Bonchev–Trinajstić information content (AvgIpc) is 2.72. The third-order valence-corrected chi connectivity index (χ3v) is 4.59. The minimum Gasteiger partial charge on any atom is -0.324 e. The molecular formula is C18H28N2O. The van der Waals surface area contributed by atoms with Gasteiger partial charge in [-0.05, 0) is 44.9 Å². The van der Waals surface area contributed by atoms with Gasteiger partial charge >= 0.3 is 0 Å². The highest BCUT2D eigenvalue weighted by Gasteiger charge is 2.19. The molecule has 0 radical (unpaired) electrons. The highest BCUT2D eigenvalue weighted by atomic mass is 16.2. The number of aryl methyl sites for hydroxylation is 2. The van der Waals surface area contributed by atoms with Gasteiger partial charge in [0.2, 0.25) is 5.91 Å². The van der Waals surface area contributed by atoms with E-state index in [4.69, 9.17) is 0 Å². The molecule has 1 aromatic carbocycles. The van der Waals surface area contributed by atoms with Crippen LogP contribution in [-0.2, 0) is 4.79 Å². The summed E-state index contributed by atoms with van der Waals surface area (Å²) >= 11 is 0. The molecule has 1 aliphatic carbocycles. The Morgan fingerprint density at radius 3 is 2.29 bits per heavy atom. The number of carbonyl (C=O) groups is 1. The lowest BCUT2D eigenvalue weighted by Gasteiger charge is -2.26. The lowest BCUT2D eigenvalue weighted by atomic mass is 10.1. The van der Waals surface area contributed by atoms with Crippen LogP contribution in [0.5, 0.6) is 0 Å². The van der Waals surface area contributed by atoms with Crippen LogP contribution in [0.1, 0.15) is 49.7 Å². The number of amides is 1. The molecule has 0 saturated heterocycles. The second kappa shape index (κ2) is 7.60. The topological polar surface area (TPSA) is 32.3 Å². The number of nitrogens with one attached hydrogen (secondary N) is 1. The Kier molecular flexibility index (Phi) is 5.80. The zero-order chi connectivity index (χ0) is 15.2. The van der Waals surface area contributed by atoms with Crippen molar-refractivity contribution in [2.75, 3.05) is 18.9 Å². The molecule has 0 bridgehead atoms. The van der Waals surface area contributed by atoms with E-state index in [-0.39, 0.29) is 5.91 Å². The Labute approximate surface area is 128 Å². The zero-order valence-electron chi connectivity index (χ0n) is 13.6. The summed E-state index contributed by atoms with van der Waals surface area (Å²) in [6.45, 7) is 4.56. The van der Waals surface area contributed by atoms with Gasteiger partial charge in [0.25, 0.3) is 0 Å². The first kappa shape index (κ1) is 16.0. The molecule has 1 N–H and O–H groups in total. The summed E-state index contributed by atoms with van der Waals surface area (Å²) in [6, 6.07) is 6.67. The lowest BCUT2D eigenvalue weighted by Crippen LogP contribution is -2.38. The first-order valence-electron chi connectivity index (χ1n) is 8.14. The summed E-state index contributed by atoms with van der Waals surface area (Å²) in [6.07, 6.45) is 7.75. The van der Waals surface area contributed by atoms with E-state index in [2.05, 4.69) is 17.3 Å². The zero-order valence-corrected chi connectivity index (χ0v) is 13.6.